The monoisotopic (exact) mass is 650 g/mol. The molecule has 0 atom stereocenters. The molecule has 0 saturated carbocycles. The van der Waals surface area contributed by atoms with Gasteiger partial charge < -0.3 is 14.5 Å². The van der Waals surface area contributed by atoms with Crippen LogP contribution in [0.2, 0.25) is 10.0 Å². The number of ketones is 1. The maximum absolute atomic E-state index is 12.8. The topological polar surface area (TPSA) is 68.9 Å². The van der Waals surface area contributed by atoms with Crippen molar-refractivity contribution in [3.05, 3.63) is 154 Å². The van der Waals surface area contributed by atoms with E-state index in [0.717, 1.165) is 45.3 Å². The van der Waals surface area contributed by atoms with Crippen LogP contribution in [0.5, 0.6) is 0 Å². The van der Waals surface area contributed by atoms with Crippen molar-refractivity contribution in [3.8, 4) is 0 Å². The molecule has 1 amide bonds. The molecule has 9 heteroatoms. The number of carbonyl (C=O) groups excluding carboxylic acids is 2. The first-order chi connectivity index (χ1) is 21.8. The number of carbonyl (C=O) groups is 2. The summed E-state index contributed by atoms with van der Waals surface area (Å²) >= 11 is 13.0. The highest BCUT2D eigenvalue weighted by atomic mass is 35.5. The lowest BCUT2D eigenvalue weighted by molar-refractivity contribution is -0.112. The normalized spacial score (nSPS) is 10.9. The Hall–Kier alpha value is -4.69. The van der Waals surface area contributed by atoms with Crippen LogP contribution in [-0.2, 0) is 17.9 Å². The summed E-state index contributed by atoms with van der Waals surface area (Å²) in [6.45, 7) is 3.28. The fourth-order valence-corrected chi connectivity index (χ4v) is 6.03. The van der Waals surface area contributed by atoms with E-state index in [1.165, 1.54) is 16.5 Å². The Morgan fingerprint density at radius 2 is 1.36 bits per heavy atom. The number of amides is 1. The maximum atomic E-state index is 12.8. The molecular weight excluding hydrogens is 623 g/mol. The van der Waals surface area contributed by atoms with Crippen molar-refractivity contribution < 1.29 is 9.59 Å². The van der Waals surface area contributed by atoms with E-state index in [0.29, 0.717) is 22.1 Å². The first kappa shape index (κ1) is 30.3. The number of fused-ring (bicyclic) bond motifs is 2. The molecule has 1 N–H and O–H groups in total. The number of para-hydroxylation sites is 2. The molecule has 0 spiro atoms. The van der Waals surface area contributed by atoms with E-state index < -0.39 is 11.7 Å². The van der Waals surface area contributed by atoms with Gasteiger partial charge in [-0.3, -0.25) is 9.59 Å². The zero-order chi connectivity index (χ0) is 31.3. The summed E-state index contributed by atoms with van der Waals surface area (Å²) in [4.78, 5) is 25.3. The van der Waals surface area contributed by atoms with Gasteiger partial charge in [-0.05, 0) is 83.5 Å². The van der Waals surface area contributed by atoms with Crippen molar-refractivity contribution in [3.63, 3.8) is 0 Å². The van der Waals surface area contributed by atoms with E-state index in [2.05, 4.69) is 62.9 Å². The third kappa shape index (κ3) is 7.18. The summed E-state index contributed by atoms with van der Waals surface area (Å²) in [5.74, 6) is -1.24. The number of nitrogens with one attached hydrogen (secondary N) is 1. The average Bonchev–Trinajstić information content (AvgIpc) is 3.76. The fraction of sp³-hybridized carbons (Fsp3) is 0.0833. The van der Waals surface area contributed by atoms with Crippen LogP contribution in [0.25, 0.3) is 21.8 Å². The number of aromatic nitrogens is 3. The van der Waals surface area contributed by atoms with Gasteiger partial charge in [-0.25, -0.2) is 0 Å². The Morgan fingerprint density at radius 3 is 2.00 bits per heavy atom. The van der Waals surface area contributed by atoms with Gasteiger partial charge in [0.2, 0.25) is 0 Å². The highest BCUT2D eigenvalue weighted by Crippen LogP contribution is 2.25. The molecule has 7 rings (SSSR count). The van der Waals surface area contributed by atoms with E-state index in [1.54, 1.807) is 12.3 Å². The molecule has 6 nitrogen and oxygen atoms in total. The number of benzene rings is 4. The van der Waals surface area contributed by atoms with Gasteiger partial charge in [0, 0.05) is 51.9 Å². The number of aryl methyl sites for hydroxylation is 1. The predicted molar refractivity (Wildman–Crippen MR) is 185 cm³/mol. The lowest BCUT2D eigenvalue weighted by Gasteiger charge is -2.05. The molecule has 0 radical (unpaired) electrons. The van der Waals surface area contributed by atoms with E-state index in [4.69, 9.17) is 23.2 Å². The summed E-state index contributed by atoms with van der Waals surface area (Å²) in [6.07, 6.45) is 3.86. The summed E-state index contributed by atoms with van der Waals surface area (Å²) in [6, 6.07) is 35.4. The van der Waals surface area contributed by atoms with E-state index in [1.807, 2.05) is 72.2 Å². The number of halogens is 2. The molecule has 0 aliphatic heterocycles. The molecule has 0 aliphatic carbocycles. The van der Waals surface area contributed by atoms with Gasteiger partial charge in [-0.15, -0.1) is 0 Å². The first-order valence-corrected chi connectivity index (χ1v) is 15.8. The van der Waals surface area contributed by atoms with Crippen molar-refractivity contribution in [1.29, 1.82) is 0 Å². The van der Waals surface area contributed by atoms with Gasteiger partial charge in [0.1, 0.15) is 5.00 Å². The van der Waals surface area contributed by atoms with Crippen LogP contribution in [0, 0.1) is 6.92 Å². The smallest absolute Gasteiger partial charge is 0.297 e. The lowest BCUT2D eigenvalue weighted by Crippen LogP contribution is -2.22. The van der Waals surface area contributed by atoms with Crippen LogP contribution < -0.4 is 5.32 Å². The molecule has 45 heavy (non-hydrogen) atoms. The second kappa shape index (κ2) is 13.5. The number of hydrogen-bond donors (Lipinski definition) is 1. The molecule has 0 fully saturated rings. The molecule has 0 bridgehead atoms. The van der Waals surface area contributed by atoms with Crippen LogP contribution in [0.3, 0.4) is 0 Å². The molecule has 3 heterocycles. The first-order valence-electron chi connectivity index (χ1n) is 14.2. The number of hydrogen-bond acceptors (Lipinski definition) is 4. The minimum atomic E-state index is -0.668. The zero-order valence-electron chi connectivity index (χ0n) is 24.3. The second-order valence-electron chi connectivity index (χ2n) is 10.6. The Morgan fingerprint density at radius 1 is 0.756 bits per heavy atom. The van der Waals surface area contributed by atoms with Gasteiger partial charge in [-0.1, -0.05) is 83.9 Å². The SMILES string of the molecule is Cc1cc(NC(=O)C(=O)c2cn(Cc3ccc(Cl)cc3)c3ccccc23)sn1.Clc1ccc(Cn2ccc3ccccc32)cc1. The van der Waals surface area contributed by atoms with Crippen LogP contribution in [0.4, 0.5) is 5.00 Å². The van der Waals surface area contributed by atoms with Gasteiger partial charge in [0.05, 0.1) is 11.3 Å². The average molecular weight is 652 g/mol. The Labute approximate surface area is 274 Å². The van der Waals surface area contributed by atoms with Crippen molar-refractivity contribution in [2.24, 2.45) is 0 Å². The molecular formula is C36H28Cl2N4O2S. The Balaban J connectivity index is 0.000000179. The largest absolute Gasteiger partial charge is 0.343 e. The van der Waals surface area contributed by atoms with E-state index in [-0.39, 0.29) is 0 Å². The highest BCUT2D eigenvalue weighted by Gasteiger charge is 2.22. The number of Topliss-reactive ketones (excluding diaryl/α,β-unsaturated/α-hetero) is 1. The zero-order valence-corrected chi connectivity index (χ0v) is 26.6. The van der Waals surface area contributed by atoms with Crippen molar-refractivity contribution in [2.75, 3.05) is 5.32 Å². The van der Waals surface area contributed by atoms with Gasteiger partial charge >= 0.3 is 0 Å². The third-order valence-corrected chi connectivity index (χ3v) is 8.62. The summed E-state index contributed by atoms with van der Waals surface area (Å²) in [5.41, 5.74) is 5.64. The van der Waals surface area contributed by atoms with Gasteiger partial charge in [-0.2, -0.15) is 4.37 Å². The number of rotatable bonds is 7. The highest BCUT2D eigenvalue weighted by molar-refractivity contribution is 7.10. The molecule has 0 saturated heterocycles. The minimum absolute atomic E-state index is 0.378. The van der Waals surface area contributed by atoms with Crippen LogP contribution in [-0.4, -0.2) is 25.2 Å². The van der Waals surface area contributed by atoms with Crippen molar-refractivity contribution in [1.82, 2.24) is 13.5 Å². The molecule has 0 unspecified atom stereocenters. The van der Waals surface area contributed by atoms with Gasteiger partial charge in [0.25, 0.3) is 11.7 Å². The quantitative estimate of drug-likeness (QED) is 0.138. The number of nitrogens with zero attached hydrogens (tertiary/aromatic N) is 3. The van der Waals surface area contributed by atoms with Crippen molar-refractivity contribution in [2.45, 2.75) is 20.0 Å². The molecule has 7 aromatic rings. The standard InChI is InChI=1S/C21H16ClN3O2S.C15H12ClN/c1-13-10-19(28-24-13)23-21(27)20(26)17-12-25(18-5-3-2-4-16(17)18)11-14-6-8-15(22)9-7-14;16-14-7-5-12(6-8-14)11-17-10-9-13-3-1-2-4-15(13)17/h2-10,12H,11H2,1H3,(H,23,27);1-10H,11H2. The third-order valence-electron chi connectivity index (χ3n) is 7.32. The van der Waals surface area contributed by atoms with E-state index in [9.17, 15) is 9.59 Å². The van der Waals surface area contributed by atoms with Crippen LogP contribution >= 0.6 is 34.7 Å². The number of anilines is 1. The lowest BCUT2D eigenvalue weighted by atomic mass is 10.1. The summed E-state index contributed by atoms with van der Waals surface area (Å²) in [7, 11) is 0. The summed E-state index contributed by atoms with van der Waals surface area (Å²) in [5, 5.41) is 6.67. The van der Waals surface area contributed by atoms with E-state index >= 15 is 0 Å². The molecule has 224 valence electrons. The van der Waals surface area contributed by atoms with Crippen LogP contribution in [0.1, 0.15) is 27.2 Å². The maximum Gasteiger partial charge on any atom is 0.297 e. The van der Waals surface area contributed by atoms with Crippen molar-refractivity contribution >= 4 is 73.2 Å². The second-order valence-corrected chi connectivity index (χ2v) is 12.2. The fourth-order valence-electron chi connectivity index (χ4n) is 5.12. The minimum Gasteiger partial charge on any atom is -0.343 e. The molecule has 4 aromatic carbocycles. The Kier molecular flexibility index (Phi) is 9.12. The predicted octanol–water partition coefficient (Wildman–Crippen LogP) is 9.27. The van der Waals surface area contributed by atoms with Crippen LogP contribution in [0.15, 0.2) is 122 Å². The summed E-state index contributed by atoms with van der Waals surface area (Å²) < 4.78 is 8.33. The molecule has 3 aromatic heterocycles. The Bertz CT molecular complexity index is 2110. The van der Waals surface area contributed by atoms with Gasteiger partial charge in [0.15, 0.2) is 0 Å². The molecule has 0 aliphatic rings.